The summed E-state index contributed by atoms with van der Waals surface area (Å²) in [7, 11) is 0. The van der Waals surface area contributed by atoms with Gasteiger partial charge in [0.05, 0.1) is 11.2 Å². The molecule has 3 rings (SSSR count). The second-order valence-corrected chi connectivity index (χ2v) is 6.71. The minimum absolute atomic E-state index is 0.0341. The Bertz CT molecular complexity index is 805. The summed E-state index contributed by atoms with van der Waals surface area (Å²) in [5.41, 5.74) is 1.63. The molecular formula is C19H22N2O. The van der Waals surface area contributed by atoms with E-state index in [9.17, 15) is 5.11 Å². The van der Waals surface area contributed by atoms with E-state index >= 15 is 0 Å². The fraction of sp³-hybridized carbons (Fsp3) is 0.316. The maximum absolute atomic E-state index is 10.6. The highest BCUT2D eigenvalue weighted by atomic mass is 16.3. The van der Waals surface area contributed by atoms with Crippen molar-refractivity contribution in [2.24, 2.45) is 0 Å². The van der Waals surface area contributed by atoms with E-state index < -0.39 is 6.10 Å². The van der Waals surface area contributed by atoms with Crippen molar-refractivity contribution in [1.82, 2.24) is 10.3 Å². The summed E-state index contributed by atoms with van der Waals surface area (Å²) < 4.78 is 0. The quantitative estimate of drug-likeness (QED) is 0.722. The lowest BCUT2D eigenvalue weighted by molar-refractivity contribution is 0.161. The van der Waals surface area contributed by atoms with Gasteiger partial charge in [-0.3, -0.25) is 0 Å². The van der Waals surface area contributed by atoms with Crippen LogP contribution >= 0.6 is 0 Å². The Labute approximate surface area is 131 Å². The molecule has 3 nitrogen and oxygen atoms in total. The Hall–Kier alpha value is -1.97. The predicted octanol–water partition coefficient (Wildman–Crippen LogP) is 3.81. The first-order chi connectivity index (χ1) is 10.5. The Balaban J connectivity index is 2.11. The van der Waals surface area contributed by atoms with E-state index in [0.29, 0.717) is 6.54 Å². The van der Waals surface area contributed by atoms with Gasteiger partial charge in [-0.05, 0) is 32.2 Å². The standard InChI is InChI=1S/C19H22N2O/c1-19(2,3)20-12-17(22)18-15-10-5-4-8-13(15)14-9-6-7-11-16(14)21-18/h4-11,17,20,22H,12H2,1-3H3/t17-/m0/s1. The van der Waals surface area contributed by atoms with E-state index in [-0.39, 0.29) is 5.54 Å². The van der Waals surface area contributed by atoms with Crippen LogP contribution in [0.25, 0.3) is 21.7 Å². The van der Waals surface area contributed by atoms with Gasteiger partial charge in [0.25, 0.3) is 0 Å². The third-order valence-corrected chi connectivity index (χ3v) is 3.78. The lowest BCUT2D eigenvalue weighted by atomic mass is 10.0. The van der Waals surface area contributed by atoms with E-state index in [4.69, 9.17) is 4.98 Å². The van der Waals surface area contributed by atoms with Crippen molar-refractivity contribution in [3.8, 4) is 0 Å². The fourth-order valence-electron chi connectivity index (χ4n) is 2.68. The van der Waals surface area contributed by atoms with Gasteiger partial charge < -0.3 is 10.4 Å². The van der Waals surface area contributed by atoms with Crippen LogP contribution in [0.4, 0.5) is 0 Å². The summed E-state index contributed by atoms with van der Waals surface area (Å²) in [4.78, 5) is 4.71. The first-order valence-corrected chi connectivity index (χ1v) is 7.66. The summed E-state index contributed by atoms with van der Waals surface area (Å²) in [6, 6.07) is 16.2. The molecule has 0 aliphatic rings. The number of hydrogen-bond acceptors (Lipinski definition) is 3. The molecule has 0 radical (unpaired) electrons. The molecule has 0 saturated carbocycles. The molecular weight excluding hydrogens is 272 g/mol. The molecule has 114 valence electrons. The number of rotatable bonds is 3. The number of nitrogens with one attached hydrogen (secondary N) is 1. The number of para-hydroxylation sites is 1. The molecule has 0 amide bonds. The minimum Gasteiger partial charge on any atom is -0.385 e. The Kier molecular flexibility index (Phi) is 3.85. The van der Waals surface area contributed by atoms with Gasteiger partial charge in [0.2, 0.25) is 0 Å². The lowest BCUT2D eigenvalue weighted by Gasteiger charge is -2.23. The van der Waals surface area contributed by atoms with Gasteiger partial charge in [0, 0.05) is 22.9 Å². The number of benzene rings is 2. The van der Waals surface area contributed by atoms with Gasteiger partial charge in [-0.1, -0.05) is 42.5 Å². The monoisotopic (exact) mass is 294 g/mol. The van der Waals surface area contributed by atoms with Crippen LogP contribution in [0.3, 0.4) is 0 Å². The molecule has 0 aliphatic carbocycles. The molecule has 2 N–H and O–H groups in total. The Morgan fingerprint density at radius 2 is 1.55 bits per heavy atom. The van der Waals surface area contributed by atoms with Crippen molar-refractivity contribution in [1.29, 1.82) is 0 Å². The van der Waals surface area contributed by atoms with E-state index in [1.54, 1.807) is 0 Å². The molecule has 22 heavy (non-hydrogen) atoms. The van der Waals surface area contributed by atoms with Crippen molar-refractivity contribution in [3.05, 3.63) is 54.2 Å². The van der Waals surface area contributed by atoms with Crippen molar-refractivity contribution in [2.75, 3.05) is 6.54 Å². The molecule has 0 bridgehead atoms. The summed E-state index contributed by atoms with van der Waals surface area (Å²) >= 11 is 0. The number of aliphatic hydroxyl groups is 1. The molecule has 0 aliphatic heterocycles. The van der Waals surface area contributed by atoms with E-state index in [1.165, 1.54) is 0 Å². The van der Waals surface area contributed by atoms with Crippen LogP contribution < -0.4 is 5.32 Å². The van der Waals surface area contributed by atoms with Gasteiger partial charge in [0.15, 0.2) is 0 Å². The number of fused-ring (bicyclic) bond motifs is 3. The van der Waals surface area contributed by atoms with Gasteiger partial charge in [-0.25, -0.2) is 4.98 Å². The maximum atomic E-state index is 10.6. The number of hydrogen-bond donors (Lipinski definition) is 2. The van der Waals surface area contributed by atoms with Crippen LogP contribution in [0.2, 0.25) is 0 Å². The second-order valence-electron chi connectivity index (χ2n) is 6.71. The largest absolute Gasteiger partial charge is 0.385 e. The van der Waals surface area contributed by atoms with Gasteiger partial charge in [-0.2, -0.15) is 0 Å². The molecule has 0 spiro atoms. The van der Waals surface area contributed by atoms with Crippen LogP contribution in [0.15, 0.2) is 48.5 Å². The topological polar surface area (TPSA) is 45.1 Å². The van der Waals surface area contributed by atoms with Crippen molar-refractivity contribution < 1.29 is 5.11 Å². The molecule has 2 aromatic carbocycles. The van der Waals surface area contributed by atoms with Crippen molar-refractivity contribution in [3.63, 3.8) is 0 Å². The average Bonchev–Trinajstić information content (AvgIpc) is 2.51. The van der Waals surface area contributed by atoms with Crippen LogP contribution in [-0.2, 0) is 0 Å². The van der Waals surface area contributed by atoms with E-state index in [2.05, 4.69) is 38.2 Å². The number of β-amino-alcohol motifs (C(OH)–C–C–N with tert-alkyl or cyclic N) is 1. The molecule has 0 unspecified atom stereocenters. The van der Waals surface area contributed by atoms with Gasteiger partial charge >= 0.3 is 0 Å². The number of aromatic nitrogens is 1. The van der Waals surface area contributed by atoms with Crippen LogP contribution in [0.1, 0.15) is 32.6 Å². The zero-order chi connectivity index (χ0) is 15.7. The van der Waals surface area contributed by atoms with E-state index in [1.807, 2.05) is 36.4 Å². The first-order valence-electron chi connectivity index (χ1n) is 7.66. The molecule has 0 fully saturated rings. The molecule has 0 saturated heterocycles. The Morgan fingerprint density at radius 3 is 2.23 bits per heavy atom. The van der Waals surface area contributed by atoms with Crippen molar-refractivity contribution >= 4 is 21.7 Å². The number of nitrogens with zero attached hydrogens (tertiary/aromatic N) is 1. The number of pyridine rings is 1. The fourth-order valence-corrected chi connectivity index (χ4v) is 2.68. The summed E-state index contributed by atoms with van der Waals surface area (Å²) in [6.45, 7) is 6.75. The second kappa shape index (κ2) is 5.67. The zero-order valence-electron chi connectivity index (χ0n) is 13.3. The van der Waals surface area contributed by atoms with E-state index in [0.717, 1.165) is 27.4 Å². The van der Waals surface area contributed by atoms with Crippen LogP contribution in [0, 0.1) is 0 Å². The normalized spacial score (nSPS) is 13.6. The minimum atomic E-state index is -0.631. The molecule has 3 aromatic rings. The highest BCUT2D eigenvalue weighted by molar-refractivity contribution is 6.06. The summed E-state index contributed by atoms with van der Waals surface area (Å²) in [6.07, 6.45) is -0.631. The third kappa shape index (κ3) is 2.96. The van der Waals surface area contributed by atoms with Crippen LogP contribution in [-0.4, -0.2) is 22.2 Å². The predicted molar refractivity (Wildman–Crippen MR) is 92.0 cm³/mol. The smallest absolute Gasteiger partial charge is 0.109 e. The third-order valence-electron chi connectivity index (χ3n) is 3.78. The molecule has 3 heteroatoms. The lowest BCUT2D eigenvalue weighted by Crippen LogP contribution is -2.38. The summed E-state index contributed by atoms with van der Waals surface area (Å²) in [5, 5.41) is 17.2. The zero-order valence-corrected chi connectivity index (χ0v) is 13.3. The molecule has 1 aromatic heterocycles. The molecule has 1 heterocycles. The van der Waals surface area contributed by atoms with Crippen LogP contribution in [0.5, 0.6) is 0 Å². The molecule has 1 atom stereocenters. The summed E-state index contributed by atoms with van der Waals surface area (Å²) in [5.74, 6) is 0. The van der Waals surface area contributed by atoms with Crippen molar-refractivity contribution in [2.45, 2.75) is 32.4 Å². The maximum Gasteiger partial charge on any atom is 0.109 e. The highest BCUT2D eigenvalue weighted by Gasteiger charge is 2.18. The average molecular weight is 294 g/mol. The first kappa shape index (κ1) is 14.9. The van der Waals surface area contributed by atoms with Gasteiger partial charge in [0.1, 0.15) is 6.10 Å². The highest BCUT2D eigenvalue weighted by Crippen LogP contribution is 2.29. The Morgan fingerprint density at radius 1 is 0.955 bits per heavy atom. The number of aliphatic hydroxyl groups excluding tert-OH is 1. The SMILES string of the molecule is CC(C)(C)NC[C@H](O)c1nc2ccccc2c2ccccc12. The van der Waals surface area contributed by atoms with Gasteiger partial charge in [-0.15, -0.1) is 0 Å².